The van der Waals surface area contributed by atoms with E-state index in [9.17, 15) is 18.8 Å². The molecule has 9 heteroatoms. The van der Waals surface area contributed by atoms with E-state index in [1.165, 1.54) is 17.1 Å². The average molecular weight is 480 g/mol. The molecule has 0 radical (unpaired) electrons. The molecule has 0 saturated heterocycles. The summed E-state index contributed by atoms with van der Waals surface area (Å²) in [5, 5.41) is 20.7. The molecule has 3 saturated carbocycles. The molecular weight excluding hydrogens is 460 g/mol. The van der Waals surface area contributed by atoms with E-state index in [4.69, 9.17) is 11.6 Å². The zero-order chi connectivity index (χ0) is 23.6. The predicted molar refractivity (Wildman–Crippen MR) is 122 cm³/mol. The van der Waals surface area contributed by atoms with Crippen LogP contribution in [0.3, 0.4) is 0 Å². The molecule has 6 nitrogen and oxygen atoms in total. The molecule has 3 fully saturated rings. The van der Waals surface area contributed by atoms with Gasteiger partial charge in [0.1, 0.15) is 17.7 Å². The van der Waals surface area contributed by atoms with Crippen LogP contribution in [0, 0.1) is 40.2 Å². The molecule has 1 amide bonds. The highest BCUT2D eigenvalue weighted by Crippen LogP contribution is 2.63. The Hall–Kier alpha value is -3.31. The van der Waals surface area contributed by atoms with Crippen molar-refractivity contribution in [1.82, 2.24) is 14.8 Å². The number of hydrogen-bond acceptors (Lipinski definition) is 4. The van der Waals surface area contributed by atoms with Gasteiger partial charge in [0.05, 0.1) is 33.8 Å². The normalized spacial score (nSPS) is 27.2. The fourth-order valence-electron chi connectivity index (χ4n) is 6.04. The molecule has 2 heterocycles. The number of halogens is 3. The summed E-state index contributed by atoms with van der Waals surface area (Å²) in [6, 6.07) is 8.47. The highest BCUT2D eigenvalue weighted by molar-refractivity contribution is 6.32. The lowest BCUT2D eigenvalue weighted by Crippen LogP contribution is -2.45. The number of benzene rings is 2. The maximum absolute atomic E-state index is 13.8. The van der Waals surface area contributed by atoms with Crippen molar-refractivity contribution in [1.29, 1.82) is 5.26 Å². The summed E-state index contributed by atoms with van der Waals surface area (Å²) in [6.45, 7) is 0.660. The van der Waals surface area contributed by atoms with Crippen LogP contribution < -0.4 is 0 Å². The number of fused-ring (bicyclic) bond motifs is 2. The molecule has 7 rings (SSSR count). The van der Waals surface area contributed by atoms with Gasteiger partial charge in [0.15, 0.2) is 0 Å². The topological polar surface area (TPSA) is 74.3 Å². The fourth-order valence-corrected chi connectivity index (χ4v) is 6.24. The molecule has 1 aliphatic heterocycles. The van der Waals surface area contributed by atoms with E-state index in [2.05, 4.69) is 16.3 Å². The summed E-state index contributed by atoms with van der Waals surface area (Å²) < 4.78 is 29.5. The molecule has 0 N–H and O–H groups in total. The van der Waals surface area contributed by atoms with E-state index in [1.807, 2.05) is 4.68 Å². The molecule has 2 aromatic carbocycles. The maximum Gasteiger partial charge on any atom is 0.249 e. The summed E-state index contributed by atoms with van der Waals surface area (Å²) in [4.78, 5) is 13.6. The monoisotopic (exact) mass is 479 g/mol. The van der Waals surface area contributed by atoms with E-state index in [-0.39, 0.29) is 11.8 Å². The lowest BCUT2D eigenvalue weighted by atomic mass is 9.68. The summed E-state index contributed by atoms with van der Waals surface area (Å²) in [5.41, 5.74) is 1.21. The molecule has 2 bridgehead atoms. The van der Waals surface area contributed by atoms with Crippen molar-refractivity contribution in [3.8, 4) is 6.07 Å². The van der Waals surface area contributed by atoms with Crippen molar-refractivity contribution in [2.45, 2.75) is 38.3 Å². The number of carbonyl (C=O) groups is 1. The zero-order valence-corrected chi connectivity index (χ0v) is 18.8. The van der Waals surface area contributed by atoms with Gasteiger partial charge in [0, 0.05) is 30.6 Å². The number of nitrogens with zero attached hydrogens (tertiary/aromatic N) is 5. The lowest BCUT2D eigenvalue weighted by molar-refractivity contribution is -0.148. The Labute approximate surface area is 199 Å². The second-order valence-corrected chi connectivity index (χ2v) is 10.1. The maximum atomic E-state index is 13.8. The number of nitriles is 1. The Morgan fingerprint density at radius 2 is 1.94 bits per heavy atom. The molecule has 3 aromatic rings. The van der Waals surface area contributed by atoms with Gasteiger partial charge >= 0.3 is 0 Å². The van der Waals surface area contributed by atoms with Gasteiger partial charge < -0.3 is 0 Å². The summed E-state index contributed by atoms with van der Waals surface area (Å²) >= 11 is 6.23. The van der Waals surface area contributed by atoms with Gasteiger partial charge in [-0.05, 0) is 60.9 Å². The third-order valence-electron chi connectivity index (χ3n) is 7.65. The van der Waals surface area contributed by atoms with E-state index in [0.29, 0.717) is 35.0 Å². The first-order chi connectivity index (χ1) is 16.4. The van der Waals surface area contributed by atoms with Crippen LogP contribution in [0.15, 0.2) is 41.6 Å². The Morgan fingerprint density at radius 3 is 2.68 bits per heavy atom. The Kier molecular flexibility index (Phi) is 4.75. The minimum absolute atomic E-state index is 0.0679. The van der Waals surface area contributed by atoms with Crippen LogP contribution in [0.25, 0.3) is 10.9 Å². The van der Waals surface area contributed by atoms with Crippen LogP contribution in [0.5, 0.6) is 0 Å². The van der Waals surface area contributed by atoms with Crippen molar-refractivity contribution >= 4 is 34.6 Å². The third kappa shape index (κ3) is 3.22. The number of hydrogen-bond donors (Lipinski definition) is 0. The van der Waals surface area contributed by atoms with E-state index >= 15 is 0 Å². The average Bonchev–Trinajstić information content (AvgIpc) is 3.54. The molecule has 34 heavy (non-hydrogen) atoms. The summed E-state index contributed by atoms with van der Waals surface area (Å²) in [6.07, 6.45) is 6.09. The molecule has 172 valence electrons. The van der Waals surface area contributed by atoms with Crippen LogP contribution in [0.2, 0.25) is 5.02 Å². The van der Waals surface area contributed by atoms with Crippen molar-refractivity contribution in [2.75, 3.05) is 0 Å². The van der Waals surface area contributed by atoms with Gasteiger partial charge in [0.25, 0.3) is 0 Å². The van der Waals surface area contributed by atoms with E-state index < -0.39 is 23.1 Å². The smallest absolute Gasteiger partial charge is 0.249 e. The number of rotatable bonds is 4. The third-order valence-corrected chi connectivity index (χ3v) is 7.96. The molecule has 1 aromatic heterocycles. The van der Waals surface area contributed by atoms with Crippen molar-refractivity contribution < 1.29 is 13.6 Å². The molecule has 2 unspecified atom stereocenters. The Bertz CT molecular complexity index is 1380. The molecule has 4 aliphatic rings. The van der Waals surface area contributed by atoms with Crippen LogP contribution in [0.4, 0.5) is 8.78 Å². The molecule has 3 aliphatic carbocycles. The van der Waals surface area contributed by atoms with Gasteiger partial charge in [-0.25, -0.2) is 13.8 Å². The molecule has 2 atom stereocenters. The number of hydrazone groups is 1. The minimum atomic E-state index is -0.662. The van der Waals surface area contributed by atoms with Crippen LogP contribution in [0.1, 0.15) is 42.9 Å². The second-order valence-electron chi connectivity index (χ2n) is 9.64. The first-order valence-electron chi connectivity index (χ1n) is 11.2. The quantitative estimate of drug-likeness (QED) is 0.515. The van der Waals surface area contributed by atoms with Crippen molar-refractivity contribution in [2.24, 2.45) is 22.4 Å². The number of aromatic nitrogens is 2. The Balaban J connectivity index is 1.21. The van der Waals surface area contributed by atoms with Gasteiger partial charge in [-0.1, -0.05) is 11.6 Å². The second kappa shape index (κ2) is 7.60. The van der Waals surface area contributed by atoms with Crippen molar-refractivity contribution in [3.63, 3.8) is 0 Å². The van der Waals surface area contributed by atoms with Gasteiger partial charge in [-0.2, -0.15) is 15.5 Å². The molecular formula is C25H20ClF2N5O. The van der Waals surface area contributed by atoms with E-state index in [0.717, 1.165) is 36.2 Å². The highest BCUT2D eigenvalue weighted by Gasteiger charge is 2.62. The first-order valence-corrected chi connectivity index (χ1v) is 11.6. The predicted octanol–water partition coefficient (Wildman–Crippen LogP) is 5.22. The number of carbonyl (C=O) groups excluding carboxylic acids is 1. The van der Waals surface area contributed by atoms with Gasteiger partial charge in [-0.3, -0.25) is 9.48 Å². The lowest BCUT2D eigenvalue weighted by Gasteiger charge is -2.40. The van der Waals surface area contributed by atoms with E-state index in [1.54, 1.807) is 24.5 Å². The van der Waals surface area contributed by atoms with Crippen molar-refractivity contribution in [3.05, 3.63) is 64.3 Å². The number of amides is 1. The first kappa shape index (κ1) is 21.2. The Morgan fingerprint density at radius 1 is 1.18 bits per heavy atom. The fraction of sp³-hybridized carbons (Fsp3) is 0.360. The zero-order valence-electron chi connectivity index (χ0n) is 18.1. The van der Waals surface area contributed by atoms with Gasteiger partial charge in [0.2, 0.25) is 5.91 Å². The summed E-state index contributed by atoms with van der Waals surface area (Å²) in [7, 11) is 0. The highest BCUT2D eigenvalue weighted by atomic mass is 35.5. The minimum Gasteiger partial charge on any atom is -0.272 e. The standard InChI is InChI=1S/C25H20ClF2N5O/c26-21-7-23-16(3-15(21)11-29)12-31-32(23)13-18-10-25(8-17(18)9-25)24(34)33-22(1-2-30-33)14-4-19(27)6-20(28)5-14/h2-7,12,17-18,22H,1,8-10,13H2. The SMILES string of the molecule is N#Cc1cc2cnn(CC3CC4(C(=O)N5N=CCC5c5cc(F)cc(F)c5)CC3C4)c2cc1Cl. The summed E-state index contributed by atoms with van der Waals surface area (Å²) in [5.74, 6) is -0.704. The largest absolute Gasteiger partial charge is 0.272 e. The van der Waals surface area contributed by atoms with Crippen LogP contribution in [-0.2, 0) is 11.3 Å². The van der Waals surface area contributed by atoms with Gasteiger partial charge in [-0.15, -0.1) is 0 Å². The van der Waals surface area contributed by atoms with Crippen LogP contribution >= 0.6 is 11.6 Å². The van der Waals surface area contributed by atoms with Crippen LogP contribution in [-0.4, -0.2) is 26.9 Å². The molecule has 0 spiro atoms.